The van der Waals surface area contributed by atoms with Gasteiger partial charge in [0.1, 0.15) is 0 Å². The fraction of sp³-hybridized carbons (Fsp3) is 0.0769. The van der Waals surface area contributed by atoms with E-state index < -0.39 is 0 Å². The van der Waals surface area contributed by atoms with Crippen LogP contribution in [-0.4, -0.2) is 10.2 Å². The lowest BCUT2D eigenvalue weighted by atomic mass is 10.3. The molecule has 0 saturated carbocycles. The summed E-state index contributed by atoms with van der Waals surface area (Å²) in [5.41, 5.74) is 6.42. The van der Waals surface area contributed by atoms with E-state index in [2.05, 4.69) is 26.1 Å². The Morgan fingerprint density at radius 1 is 1.25 bits per heavy atom. The first-order chi connectivity index (χ1) is 9.72. The van der Waals surface area contributed by atoms with Crippen LogP contribution in [0, 0.1) is 0 Å². The lowest BCUT2D eigenvalue weighted by Crippen LogP contribution is -1.86. The number of thioether (sulfide) groups is 1. The Labute approximate surface area is 127 Å². The molecular formula is C13H10BrN3O2S. The minimum Gasteiger partial charge on any atom is -0.459 e. The van der Waals surface area contributed by atoms with Gasteiger partial charge in [0.15, 0.2) is 5.76 Å². The Hall–Kier alpha value is -1.73. The highest BCUT2D eigenvalue weighted by atomic mass is 79.9. The highest BCUT2D eigenvalue weighted by molar-refractivity contribution is 9.10. The number of hydrogen-bond acceptors (Lipinski definition) is 6. The minimum atomic E-state index is 0.391. The van der Waals surface area contributed by atoms with Crippen LogP contribution in [0.3, 0.4) is 0 Å². The fourth-order valence-corrected chi connectivity index (χ4v) is 3.08. The number of halogens is 1. The van der Waals surface area contributed by atoms with Crippen LogP contribution in [-0.2, 0) is 5.75 Å². The van der Waals surface area contributed by atoms with Gasteiger partial charge < -0.3 is 14.6 Å². The molecule has 0 bridgehead atoms. The van der Waals surface area contributed by atoms with E-state index in [1.54, 1.807) is 30.2 Å². The molecule has 0 fully saturated rings. The molecule has 0 aliphatic rings. The molecule has 0 saturated heterocycles. The molecule has 2 heterocycles. The summed E-state index contributed by atoms with van der Waals surface area (Å²) in [5.74, 6) is 2.09. The standard InChI is InChI=1S/C13H10BrN3O2S/c14-9-6-8(15)3-4-11(9)20-7-12-16-17-13(19-12)10-2-1-5-18-10/h1-6H,7,15H2. The number of hydrogen-bond donors (Lipinski definition) is 1. The van der Waals surface area contributed by atoms with Gasteiger partial charge in [0.2, 0.25) is 5.89 Å². The zero-order valence-electron chi connectivity index (χ0n) is 10.2. The molecule has 3 rings (SSSR count). The molecule has 0 radical (unpaired) electrons. The van der Waals surface area contributed by atoms with Crippen molar-refractivity contribution in [2.75, 3.05) is 5.73 Å². The van der Waals surface area contributed by atoms with Crippen molar-refractivity contribution in [3.05, 3.63) is 47.0 Å². The minimum absolute atomic E-state index is 0.391. The Balaban J connectivity index is 1.70. The van der Waals surface area contributed by atoms with E-state index in [4.69, 9.17) is 14.6 Å². The number of aromatic nitrogens is 2. The van der Waals surface area contributed by atoms with E-state index >= 15 is 0 Å². The largest absolute Gasteiger partial charge is 0.459 e. The van der Waals surface area contributed by atoms with Gasteiger partial charge in [-0.25, -0.2) is 0 Å². The van der Waals surface area contributed by atoms with E-state index in [0.29, 0.717) is 23.3 Å². The first-order valence-electron chi connectivity index (χ1n) is 5.76. The molecule has 2 N–H and O–H groups in total. The maximum Gasteiger partial charge on any atom is 0.283 e. The zero-order chi connectivity index (χ0) is 13.9. The number of benzene rings is 1. The second kappa shape index (κ2) is 5.72. The molecule has 0 aliphatic carbocycles. The summed E-state index contributed by atoms with van der Waals surface area (Å²) in [6, 6.07) is 9.23. The third-order valence-electron chi connectivity index (χ3n) is 2.51. The molecule has 0 amide bonds. The lowest BCUT2D eigenvalue weighted by molar-refractivity contribution is 0.494. The predicted molar refractivity (Wildman–Crippen MR) is 80.1 cm³/mol. The van der Waals surface area contributed by atoms with E-state index in [1.807, 2.05) is 18.2 Å². The predicted octanol–water partition coefficient (Wildman–Crippen LogP) is 3.97. The first-order valence-corrected chi connectivity index (χ1v) is 7.54. The topological polar surface area (TPSA) is 78.1 Å². The maximum atomic E-state index is 5.70. The van der Waals surface area contributed by atoms with Crippen LogP contribution in [0.1, 0.15) is 5.89 Å². The van der Waals surface area contributed by atoms with Crippen molar-refractivity contribution < 1.29 is 8.83 Å². The summed E-state index contributed by atoms with van der Waals surface area (Å²) < 4.78 is 11.7. The van der Waals surface area contributed by atoms with Crippen LogP contribution in [0.5, 0.6) is 0 Å². The first kappa shape index (κ1) is 13.3. The SMILES string of the molecule is Nc1ccc(SCc2nnc(-c3ccco3)o2)c(Br)c1. The number of nitrogens with two attached hydrogens (primary N) is 1. The summed E-state index contributed by atoms with van der Waals surface area (Å²) >= 11 is 5.07. The molecular weight excluding hydrogens is 342 g/mol. The molecule has 3 aromatic rings. The lowest BCUT2D eigenvalue weighted by Gasteiger charge is -2.03. The summed E-state index contributed by atoms with van der Waals surface area (Å²) in [6.07, 6.45) is 1.57. The number of rotatable bonds is 4. The third-order valence-corrected chi connectivity index (χ3v) is 4.48. The quantitative estimate of drug-likeness (QED) is 0.566. The molecule has 1 aromatic carbocycles. The van der Waals surface area contributed by atoms with Crippen LogP contribution in [0.4, 0.5) is 5.69 Å². The second-order valence-electron chi connectivity index (χ2n) is 3.96. The molecule has 2 aromatic heterocycles. The Morgan fingerprint density at radius 3 is 2.90 bits per heavy atom. The van der Waals surface area contributed by atoms with Gasteiger partial charge in [-0.2, -0.15) is 0 Å². The van der Waals surface area contributed by atoms with Gasteiger partial charge in [0, 0.05) is 15.1 Å². The van der Waals surface area contributed by atoms with Crippen molar-refractivity contribution in [3.63, 3.8) is 0 Å². The van der Waals surface area contributed by atoms with Crippen molar-refractivity contribution in [1.82, 2.24) is 10.2 Å². The number of anilines is 1. The number of nitrogen functional groups attached to an aromatic ring is 1. The van der Waals surface area contributed by atoms with Gasteiger partial charge in [0.25, 0.3) is 5.89 Å². The molecule has 20 heavy (non-hydrogen) atoms. The van der Waals surface area contributed by atoms with Crippen molar-refractivity contribution in [2.24, 2.45) is 0 Å². The van der Waals surface area contributed by atoms with Crippen LogP contribution in [0.2, 0.25) is 0 Å². The van der Waals surface area contributed by atoms with Crippen LogP contribution < -0.4 is 5.73 Å². The van der Waals surface area contributed by atoms with Gasteiger partial charge in [-0.3, -0.25) is 0 Å². The molecule has 0 aliphatic heterocycles. The molecule has 102 valence electrons. The van der Waals surface area contributed by atoms with Crippen LogP contribution in [0.25, 0.3) is 11.7 Å². The fourth-order valence-electron chi connectivity index (χ4n) is 1.59. The smallest absolute Gasteiger partial charge is 0.283 e. The Morgan fingerprint density at radius 2 is 2.15 bits per heavy atom. The molecule has 0 unspecified atom stereocenters. The van der Waals surface area contributed by atoms with E-state index in [9.17, 15) is 0 Å². The highest BCUT2D eigenvalue weighted by Crippen LogP contribution is 2.31. The highest BCUT2D eigenvalue weighted by Gasteiger charge is 2.11. The average molecular weight is 352 g/mol. The second-order valence-corrected chi connectivity index (χ2v) is 5.83. The monoisotopic (exact) mass is 351 g/mol. The number of nitrogens with zero attached hydrogens (tertiary/aromatic N) is 2. The Bertz CT molecular complexity index is 712. The van der Waals surface area contributed by atoms with Crippen molar-refractivity contribution >= 4 is 33.4 Å². The van der Waals surface area contributed by atoms with Crippen LogP contribution in [0.15, 0.2) is 54.8 Å². The molecule has 0 atom stereocenters. The maximum absolute atomic E-state index is 5.70. The molecule has 0 spiro atoms. The Kier molecular flexibility index (Phi) is 3.79. The van der Waals surface area contributed by atoms with E-state index in [0.717, 1.165) is 15.1 Å². The van der Waals surface area contributed by atoms with Gasteiger partial charge in [-0.05, 0) is 46.3 Å². The van der Waals surface area contributed by atoms with Crippen LogP contribution >= 0.6 is 27.7 Å². The van der Waals surface area contributed by atoms with E-state index in [-0.39, 0.29) is 0 Å². The summed E-state index contributed by atoms with van der Waals surface area (Å²) in [7, 11) is 0. The van der Waals surface area contributed by atoms with Crippen molar-refractivity contribution in [2.45, 2.75) is 10.6 Å². The van der Waals surface area contributed by atoms with Gasteiger partial charge in [0.05, 0.1) is 12.0 Å². The normalized spacial score (nSPS) is 10.8. The summed E-state index contributed by atoms with van der Waals surface area (Å²) in [4.78, 5) is 1.07. The zero-order valence-corrected chi connectivity index (χ0v) is 12.6. The molecule has 7 heteroatoms. The molecule has 5 nitrogen and oxygen atoms in total. The van der Waals surface area contributed by atoms with Gasteiger partial charge >= 0.3 is 0 Å². The average Bonchev–Trinajstić information content (AvgIpc) is 3.08. The van der Waals surface area contributed by atoms with Crippen molar-refractivity contribution in [3.8, 4) is 11.7 Å². The summed E-state index contributed by atoms with van der Waals surface area (Å²) in [5, 5.41) is 7.95. The van der Waals surface area contributed by atoms with Gasteiger partial charge in [-0.15, -0.1) is 22.0 Å². The van der Waals surface area contributed by atoms with E-state index in [1.165, 1.54) is 0 Å². The van der Waals surface area contributed by atoms with Gasteiger partial charge in [-0.1, -0.05) is 0 Å². The third kappa shape index (κ3) is 2.88. The summed E-state index contributed by atoms with van der Waals surface area (Å²) in [6.45, 7) is 0. The number of furan rings is 1. The van der Waals surface area contributed by atoms with Crippen molar-refractivity contribution in [1.29, 1.82) is 0 Å².